The number of aromatic nitrogens is 2. The van der Waals surface area contributed by atoms with Gasteiger partial charge >= 0.3 is 0 Å². The van der Waals surface area contributed by atoms with Crippen LogP contribution in [0.3, 0.4) is 0 Å². The van der Waals surface area contributed by atoms with Gasteiger partial charge in [-0.25, -0.2) is 4.98 Å². The lowest BCUT2D eigenvalue weighted by Crippen LogP contribution is -2.36. The van der Waals surface area contributed by atoms with Crippen LogP contribution in [0.4, 0.5) is 0 Å². The first-order valence-corrected chi connectivity index (χ1v) is 7.52. The molecular formula is C18H13N3O2. The highest BCUT2D eigenvalue weighted by molar-refractivity contribution is 6.12. The molecule has 4 heterocycles. The maximum absolute atomic E-state index is 13.0. The highest BCUT2D eigenvalue weighted by atomic mass is 16.2. The molecule has 23 heavy (non-hydrogen) atoms. The van der Waals surface area contributed by atoms with Crippen LogP contribution in [0.25, 0.3) is 16.7 Å². The summed E-state index contributed by atoms with van der Waals surface area (Å²) in [6, 6.07) is 13.6. The second kappa shape index (κ2) is 3.87. The second-order valence-corrected chi connectivity index (χ2v) is 6.14. The number of pyridine rings is 1. The molecule has 1 atom stereocenters. The van der Waals surface area contributed by atoms with Crippen LogP contribution in [-0.4, -0.2) is 33.3 Å². The summed E-state index contributed by atoms with van der Waals surface area (Å²) in [4.78, 5) is 31.0. The van der Waals surface area contributed by atoms with Gasteiger partial charge < -0.3 is 0 Å². The third-order valence-electron chi connectivity index (χ3n) is 5.06. The van der Waals surface area contributed by atoms with E-state index in [4.69, 9.17) is 0 Å². The zero-order valence-electron chi connectivity index (χ0n) is 12.5. The number of rotatable bonds is 0. The van der Waals surface area contributed by atoms with Gasteiger partial charge in [0.15, 0.2) is 0 Å². The first kappa shape index (κ1) is 12.6. The predicted octanol–water partition coefficient (Wildman–Crippen LogP) is 2.01. The van der Waals surface area contributed by atoms with E-state index in [0.29, 0.717) is 0 Å². The van der Waals surface area contributed by atoms with Crippen LogP contribution < -0.4 is 0 Å². The van der Waals surface area contributed by atoms with Crippen LogP contribution in [0.2, 0.25) is 0 Å². The summed E-state index contributed by atoms with van der Waals surface area (Å²) in [7, 11) is 1.56. The molecule has 5 nitrogen and oxygen atoms in total. The van der Waals surface area contributed by atoms with E-state index >= 15 is 0 Å². The van der Waals surface area contributed by atoms with E-state index in [1.165, 1.54) is 4.90 Å². The molecule has 1 saturated heterocycles. The smallest absolute Gasteiger partial charge is 0.246 e. The summed E-state index contributed by atoms with van der Waals surface area (Å²) >= 11 is 0. The van der Waals surface area contributed by atoms with Gasteiger partial charge in [-0.05, 0) is 29.8 Å². The molecule has 2 aliphatic heterocycles. The van der Waals surface area contributed by atoms with Crippen LogP contribution in [0.1, 0.15) is 17.7 Å². The van der Waals surface area contributed by atoms with Gasteiger partial charge in [-0.2, -0.15) is 0 Å². The quantitative estimate of drug-likeness (QED) is 0.597. The molecule has 1 unspecified atom stereocenters. The minimum absolute atomic E-state index is 0.142. The molecule has 5 rings (SSSR count). The Bertz CT molecular complexity index is 1020. The average molecular weight is 303 g/mol. The van der Waals surface area contributed by atoms with Crippen molar-refractivity contribution >= 4 is 22.8 Å². The molecule has 1 spiro atoms. The standard InChI is InChI=1S/C18H13N3O2/c1-20-15(22)10-18(17(20)23)12-6-2-3-7-13(12)21-14(18)9-11-5-4-8-19-16(11)21/h2-9H,10H2,1H3. The maximum Gasteiger partial charge on any atom is 0.246 e. The van der Waals surface area contributed by atoms with Gasteiger partial charge in [0, 0.05) is 24.3 Å². The van der Waals surface area contributed by atoms with Crippen molar-refractivity contribution in [2.45, 2.75) is 11.8 Å². The van der Waals surface area contributed by atoms with Gasteiger partial charge in [0.25, 0.3) is 0 Å². The van der Waals surface area contributed by atoms with Crippen LogP contribution in [0, 0.1) is 0 Å². The van der Waals surface area contributed by atoms with E-state index in [2.05, 4.69) is 4.98 Å². The molecule has 0 radical (unpaired) electrons. The number of amides is 2. The van der Waals surface area contributed by atoms with Gasteiger partial charge in [-0.3, -0.25) is 19.1 Å². The highest BCUT2D eigenvalue weighted by Crippen LogP contribution is 2.51. The number of carbonyl (C=O) groups excluding carboxylic acids is 2. The van der Waals surface area contributed by atoms with Gasteiger partial charge in [0.1, 0.15) is 11.1 Å². The van der Waals surface area contributed by atoms with Crippen LogP contribution >= 0.6 is 0 Å². The molecular weight excluding hydrogens is 290 g/mol. The molecule has 112 valence electrons. The van der Waals surface area contributed by atoms with Crippen molar-refractivity contribution in [1.29, 1.82) is 0 Å². The third kappa shape index (κ3) is 1.27. The Kier molecular flexibility index (Phi) is 2.12. The largest absolute Gasteiger partial charge is 0.297 e. The summed E-state index contributed by atoms with van der Waals surface area (Å²) in [5, 5.41) is 0.978. The number of nitrogens with zero attached hydrogens (tertiary/aromatic N) is 3. The van der Waals surface area contributed by atoms with E-state index in [1.54, 1.807) is 13.2 Å². The molecule has 0 aliphatic carbocycles. The molecule has 2 amide bonds. The molecule has 2 aromatic heterocycles. The van der Waals surface area contributed by atoms with Crippen LogP contribution in [-0.2, 0) is 15.0 Å². The number of hydrogen-bond acceptors (Lipinski definition) is 3. The number of carbonyl (C=O) groups is 2. The Labute approximate surface area is 132 Å². The van der Waals surface area contributed by atoms with E-state index < -0.39 is 5.41 Å². The van der Waals surface area contributed by atoms with Crippen molar-refractivity contribution in [3.63, 3.8) is 0 Å². The minimum atomic E-state index is -0.914. The number of imide groups is 1. The SMILES string of the molecule is CN1C(=O)CC2(C1=O)c1ccccc1-n1c2cc2cccnc21. The first-order chi connectivity index (χ1) is 11.1. The lowest BCUT2D eigenvalue weighted by molar-refractivity contribution is -0.137. The van der Waals surface area contributed by atoms with Crippen LogP contribution in [0.5, 0.6) is 0 Å². The average Bonchev–Trinajstić information content (AvgIpc) is 3.15. The van der Waals surface area contributed by atoms with E-state index in [0.717, 1.165) is 28.0 Å². The van der Waals surface area contributed by atoms with E-state index in [9.17, 15) is 9.59 Å². The highest BCUT2D eigenvalue weighted by Gasteiger charge is 2.58. The van der Waals surface area contributed by atoms with Gasteiger partial charge in [-0.1, -0.05) is 18.2 Å². The number of para-hydroxylation sites is 1. The van der Waals surface area contributed by atoms with Gasteiger partial charge in [0.05, 0.1) is 12.1 Å². The number of likely N-dealkylation sites (N-methyl/N-ethyl adjacent to an activating group) is 1. The summed E-state index contributed by atoms with van der Waals surface area (Å²) < 4.78 is 2.02. The lowest BCUT2D eigenvalue weighted by atomic mass is 9.77. The van der Waals surface area contributed by atoms with Gasteiger partial charge in [0.2, 0.25) is 11.8 Å². The number of hydrogen-bond donors (Lipinski definition) is 0. The van der Waals surface area contributed by atoms with Crippen molar-refractivity contribution in [2.75, 3.05) is 7.05 Å². The Balaban J connectivity index is 1.96. The Morgan fingerprint density at radius 2 is 1.96 bits per heavy atom. The fourth-order valence-electron chi connectivity index (χ4n) is 3.99. The normalized spacial score (nSPS) is 22.2. The molecule has 0 N–H and O–H groups in total. The monoisotopic (exact) mass is 303 g/mol. The summed E-state index contributed by atoms with van der Waals surface area (Å²) in [5.41, 5.74) is 2.58. The summed E-state index contributed by atoms with van der Waals surface area (Å²) in [6.07, 6.45) is 1.92. The molecule has 1 aromatic carbocycles. The zero-order valence-corrected chi connectivity index (χ0v) is 12.5. The summed E-state index contributed by atoms with van der Waals surface area (Å²) in [5.74, 6) is -0.298. The first-order valence-electron chi connectivity index (χ1n) is 7.52. The minimum Gasteiger partial charge on any atom is -0.297 e. The summed E-state index contributed by atoms with van der Waals surface area (Å²) in [6.45, 7) is 0. The van der Waals surface area contributed by atoms with Gasteiger partial charge in [-0.15, -0.1) is 0 Å². The Hall–Kier alpha value is -2.95. The molecule has 3 aromatic rings. The fourth-order valence-corrected chi connectivity index (χ4v) is 3.99. The van der Waals surface area contributed by atoms with Crippen molar-refractivity contribution in [3.8, 4) is 5.69 Å². The molecule has 5 heteroatoms. The zero-order chi connectivity index (χ0) is 15.8. The van der Waals surface area contributed by atoms with Crippen molar-refractivity contribution in [1.82, 2.24) is 14.5 Å². The number of fused-ring (bicyclic) bond motifs is 7. The van der Waals surface area contributed by atoms with E-state index in [-0.39, 0.29) is 18.2 Å². The Morgan fingerprint density at radius 3 is 2.74 bits per heavy atom. The topological polar surface area (TPSA) is 55.2 Å². The fraction of sp³-hybridized carbons (Fsp3) is 0.167. The van der Waals surface area contributed by atoms with Crippen molar-refractivity contribution in [2.24, 2.45) is 0 Å². The van der Waals surface area contributed by atoms with E-state index in [1.807, 2.05) is 47.0 Å². The maximum atomic E-state index is 13.0. The Morgan fingerprint density at radius 1 is 1.13 bits per heavy atom. The molecule has 0 saturated carbocycles. The second-order valence-electron chi connectivity index (χ2n) is 6.14. The molecule has 0 bridgehead atoms. The number of benzene rings is 1. The lowest BCUT2D eigenvalue weighted by Gasteiger charge is -2.21. The predicted molar refractivity (Wildman–Crippen MR) is 84.2 cm³/mol. The van der Waals surface area contributed by atoms with Crippen molar-refractivity contribution < 1.29 is 9.59 Å². The van der Waals surface area contributed by atoms with Crippen molar-refractivity contribution in [3.05, 3.63) is 59.9 Å². The molecule has 2 aliphatic rings. The molecule has 1 fully saturated rings. The van der Waals surface area contributed by atoms with Crippen LogP contribution in [0.15, 0.2) is 48.7 Å². The number of likely N-dealkylation sites (tertiary alicyclic amines) is 1. The third-order valence-corrected chi connectivity index (χ3v) is 5.06.